The van der Waals surface area contributed by atoms with E-state index in [1.165, 1.54) is 4.90 Å². The highest BCUT2D eigenvalue weighted by Gasteiger charge is 2.56. The average Bonchev–Trinajstić information content (AvgIpc) is 2.95. The lowest BCUT2D eigenvalue weighted by Crippen LogP contribution is -2.60. The van der Waals surface area contributed by atoms with Crippen LogP contribution in [0.4, 0.5) is 4.79 Å². The van der Waals surface area contributed by atoms with Crippen molar-refractivity contribution < 1.29 is 37.7 Å². The minimum absolute atomic E-state index is 0.0163. The molecule has 0 radical (unpaired) electrons. The number of aromatic nitrogens is 1. The van der Waals surface area contributed by atoms with Gasteiger partial charge in [0.05, 0.1) is 12.3 Å². The van der Waals surface area contributed by atoms with Crippen LogP contribution in [0.15, 0.2) is 36.4 Å². The fourth-order valence-electron chi connectivity index (χ4n) is 5.71. The van der Waals surface area contributed by atoms with E-state index in [-0.39, 0.29) is 51.5 Å². The van der Waals surface area contributed by atoms with Crippen molar-refractivity contribution >= 4 is 21.9 Å². The summed E-state index contributed by atoms with van der Waals surface area (Å²) >= 11 is 0. The van der Waals surface area contributed by atoms with Crippen LogP contribution in [-0.4, -0.2) is 89.1 Å². The Morgan fingerprint density at radius 3 is 2.50 bits per heavy atom. The average molecular weight is 604 g/mol. The van der Waals surface area contributed by atoms with Crippen molar-refractivity contribution in [1.82, 2.24) is 15.2 Å². The van der Waals surface area contributed by atoms with Gasteiger partial charge in [-0.2, -0.15) is 0 Å². The molecule has 2 aliphatic rings. The van der Waals surface area contributed by atoms with Crippen LogP contribution in [0, 0.1) is 6.92 Å². The Morgan fingerprint density at radius 1 is 1.17 bits per heavy atom. The number of piperidine rings is 2. The van der Waals surface area contributed by atoms with Gasteiger partial charge in [0.25, 0.3) is 0 Å². The zero-order chi connectivity index (χ0) is 30.7. The first kappa shape index (κ1) is 31.7. The maximum atomic E-state index is 14.0. The molecule has 0 spiro atoms. The van der Waals surface area contributed by atoms with Crippen molar-refractivity contribution in [1.29, 1.82) is 0 Å². The van der Waals surface area contributed by atoms with Gasteiger partial charge in [-0.25, -0.2) is 18.2 Å². The van der Waals surface area contributed by atoms with E-state index in [0.29, 0.717) is 18.8 Å². The van der Waals surface area contributed by atoms with Crippen LogP contribution in [-0.2, 0) is 19.4 Å². The predicted molar refractivity (Wildman–Crippen MR) is 157 cm³/mol. The molecule has 3 N–H and O–H groups in total. The minimum atomic E-state index is -4.18. The van der Waals surface area contributed by atoms with Crippen LogP contribution < -0.4 is 10.1 Å². The number of pyridine rings is 1. The number of benzene rings is 1. The summed E-state index contributed by atoms with van der Waals surface area (Å²) in [5.74, 6) is -1.05. The summed E-state index contributed by atoms with van der Waals surface area (Å²) in [7, 11) is -4.18. The van der Waals surface area contributed by atoms with Crippen molar-refractivity contribution in [3.63, 3.8) is 0 Å². The molecule has 2 atom stereocenters. The molecular weight excluding hydrogens is 562 g/mol. The summed E-state index contributed by atoms with van der Waals surface area (Å²) in [4.78, 5) is 31.0. The monoisotopic (exact) mass is 603 g/mol. The molecule has 0 aliphatic carbocycles. The largest absolute Gasteiger partial charge is 0.480 e. The summed E-state index contributed by atoms with van der Waals surface area (Å²) in [6.45, 7) is 7.64. The second-order valence-electron chi connectivity index (χ2n) is 12.0. The highest BCUT2D eigenvalue weighted by atomic mass is 32.2. The molecule has 1 amide bonds. The first-order chi connectivity index (χ1) is 19.8. The second kappa shape index (κ2) is 12.6. The third kappa shape index (κ3) is 6.71. The van der Waals surface area contributed by atoms with Crippen molar-refractivity contribution in [3.8, 4) is 17.1 Å². The number of rotatable bonds is 8. The third-order valence-corrected chi connectivity index (χ3v) is 10.7. The van der Waals surface area contributed by atoms with E-state index in [1.54, 1.807) is 26.8 Å². The molecule has 2 fully saturated rings. The molecule has 1 aromatic heterocycles. The lowest BCUT2D eigenvalue weighted by atomic mass is 9.88. The summed E-state index contributed by atoms with van der Waals surface area (Å²) < 4.78 is 36.8. The number of aliphatic hydroxyl groups is 1. The lowest BCUT2D eigenvalue weighted by Gasteiger charge is -2.42. The Morgan fingerprint density at radius 2 is 1.88 bits per heavy atom. The number of amides is 1. The SMILES string of the molecule is Cc1cc(C2CCNC(S(=O)(=O)C3(C(=O)O)CCN(C(=O)OC(C)(C)C)CC3)C2)ccc1-c1cccc(OCCO)n1. The van der Waals surface area contributed by atoms with Crippen molar-refractivity contribution in [2.24, 2.45) is 0 Å². The number of aliphatic carboxylic acids is 1. The molecule has 12 heteroatoms. The van der Waals surface area contributed by atoms with Gasteiger partial charge in [-0.1, -0.05) is 24.3 Å². The number of carboxylic acids is 1. The van der Waals surface area contributed by atoms with Crippen molar-refractivity contribution in [2.75, 3.05) is 32.8 Å². The van der Waals surface area contributed by atoms with Gasteiger partial charge >= 0.3 is 12.1 Å². The molecule has 2 saturated heterocycles. The van der Waals surface area contributed by atoms with Crippen molar-refractivity contribution in [3.05, 3.63) is 47.5 Å². The number of ether oxygens (including phenoxy) is 2. The Labute approximate surface area is 247 Å². The number of hydrogen-bond donors (Lipinski definition) is 3. The number of nitrogens with zero attached hydrogens (tertiary/aromatic N) is 2. The van der Waals surface area contributed by atoms with Gasteiger partial charge in [-0.05, 0) is 83.0 Å². The molecule has 0 bridgehead atoms. The molecule has 2 aliphatic heterocycles. The minimum Gasteiger partial charge on any atom is -0.480 e. The van der Waals surface area contributed by atoms with E-state index < -0.39 is 37.6 Å². The molecule has 1 aromatic carbocycles. The lowest BCUT2D eigenvalue weighted by molar-refractivity contribution is -0.141. The Hall–Kier alpha value is -3.22. The van der Waals surface area contributed by atoms with E-state index in [9.17, 15) is 23.1 Å². The van der Waals surface area contributed by atoms with Gasteiger partial charge in [-0.15, -0.1) is 0 Å². The molecule has 0 saturated carbocycles. The zero-order valence-corrected chi connectivity index (χ0v) is 25.4. The fourth-order valence-corrected chi connectivity index (χ4v) is 8.07. The number of aliphatic hydroxyl groups excluding tert-OH is 1. The number of aryl methyl sites for hydroxylation is 1. The maximum absolute atomic E-state index is 14.0. The first-order valence-electron chi connectivity index (χ1n) is 14.3. The molecule has 11 nitrogen and oxygen atoms in total. The summed E-state index contributed by atoms with van der Waals surface area (Å²) in [5.41, 5.74) is 2.87. The Bertz CT molecular complexity index is 1400. The van der Waals surface area contributed by atoms with Crippen LogP contribution in [0.25, 0.3) is 11.3 Å². The van der Waals surface area contributed by atoms with Crippen LogP contribution in [0.1, 0.15) is 63.5 Å². The number of sulfone groups is 1. The molecular formula is C30H41N3O8S. The van der Waals surface area contributed by atoms with Crippen LogP contribution in [0.5, 0.6) is 5.88 Å². The number of nitrogens with one attached hydrogen (secondary N) is 1. The highest BCUT2D eigenvalue weighted by Crippen LogP contribution is 2.39. The van der Waals surface area contributed by atoms with Crippen LogP contribution in [0.2, 0.25) is 0 Å². The number of likely N-dealkylation sites (tertiary alicyclic amines) is 1. The normalized spacial score (nSPS) is 21.0. The second-order valence-corrected chi connectivity index (χ2v) is 14.4. The Balaban J connectivity index is 1.50. The van der Waals surface area contributed by atoms with E-state index in [4.69, 9.17) is 14.6 Å². The summed E-state index contributed by atoms with van der Waals surface area (Å²) in [6.07, 6.45) is -0.0222. The third-order valence-electron chi connectivity index (χ3n) is 7.96. The van der Waals surface area contributed by atoms with Gasteiger partial charge in [0.2, 0.25) is 5.88 Å². The fraction of sp³-hybridized carbons (Fsp3) is 0.567. The predicted octanol–water partition coefficient (Wildman–Crippen LogP) is 3.49. The first-order valence-corrected chi connectivity index (χ1v) is 15.8. The standard InChI is InChI=1S/C30H41N3O8S/c1-20-18-21(8-9-23(20)24-6-5-7-25(32-24)40-17-16-34)22-10-13-31-26(19-22)42(38,39)30(27(35)36)11-14-33(15-12-30)28(37)41-29(2,3)4/h5-9,18,22,26,31,34H,10-17,19H2,1-4H3,(H,35,36). The topological polar surface area (TPSA) is 155 Å². The molecule has 42 heavy (non-hydrogen) atoms. The number of hydrogen-bond acceptors (Lipinski definition) is 9. The van der Waals surface area contributed by atoms with E-state index in [1.807, 2.05) is 37.3 Å². The zero-order valence-electron chi connectivity index (χ0n) is 24.6. The number of carbonyl (C=O) groups excluding carboxylic acids is 1. The van der Waals surface area contributed by atoms with Gasteiger partial charge in [0.1, 0.15) is 17.6 Å². The summed E-state index contributed by atoms with van der Waals surface area (Å²) in [5, 5.41) is 21.3. The molecule has 3 heterocycles. The van der Waals surface area contributed by atoms with Gasteiger partial charge in [0.15, 0.2) is 14.6 Å². The summed E-state index contributed by atoms with van der Waals surface area (Å²) in [6, 6.07) is 11.4. The Kier molecular flexibility index (Phi) is 9.49. The highest BCUT2D eigenvalue weighted by molar-refractivity contribution is 7.94. The maximum Gasteiger partial charge on any atom is 0.410 e. The molecule has 230 valence electrons. The molecule has 2 unspecified atom stereocenters. The quantitative estimate of drug-likeness (QED) is 0.408. The van der Waals surface area contributed by atoms with Gasteiger partial charge < -0.3 is 29.9 Å². The molecule has 4 rings (SSSR count). The van der Waals surface area contributed by atoms with Gasteiger partial charge in [-0.3, -0.25) is 4.79 Å². The smallest absolute Gasteiger partial charge is 0.410 e. The number of carboxylic acid groups (broad SMARTS) is 1. The van der Waals surface area contributed by atoms with Gasteiger partial charge in [0, 0.05) is 24.7 Å². The number of carbonyl (C=O) groups is 2. The van der Waals surface area contributed by atoms with E-state index in [2.05, 4.69) is 10.3 Å². The molecule has 2 aromatic rings. The van der Waals surface area contributed by atoms with Crippen molar-refractivity contribution in [2.45, 2.75) is 75.0 Å². The van der Waals surface area contributed by atoms with Crippen LogP contribution >= 0.6 is 0 Å². The van der Waals surface area contributed by atoms with E-state index in [0.717, 1.165) is 22.4 Å². The van der Waals surface area contributed by atoms with E-state index >= 15 is 0 Å². The van der Waals surface area contributed by atoms with Crippen LogP contribution in [0.3, 0.4) is 0 Å².